The molecule has 1 aliphatic carbocycles. The summed E-state index contributed by atoms with van der Waals surface area (Å²) in [4.78, 5) is 0. The van der Waals surface area contributed by atoms with Gasteiger partial charge in [0.2, 0.25) is 6.43 Å². The van der Waals surface area contributed by atoms with Crippen molar-refractivity contribution in [2.45, 2.75) is 44.6 Å². The lowest BCUT2D eigenvalue weighted by atomic mass is 9.98. The first kappa shape index (κ1) is 8.91. The SMILES string of the molecule is O[C@@H]1CCCCC[C@H]1C(F)F. The van der Waals surface area contributed by atoms with Gasteiger partial charge in [0.05, 0.1) is 6.10 Å². The Labute approximate surface area is 65.4 Å². The Morgan fingerprint density at radius 1 is 1.09 bits per heavy atom. The van der Waals surface area contributed by atoms with Gasteiger partial charge in [-0.25, -0.2) is 8.78 Å². The summed E-state index contributed by atoms with van der Waals surface area (Å²) in [6, 6.07) is 0. The summed E-state index contributed by atoms with van der Waals surface area (Å²) in [5.41, 5.74) is 0. The monoisotopic (exact) mass is 164 g/mol. The molecule has 0 radical (unpaired) electrons. The lowest BCUT2D eigenvalue weighted by Crippen LogP contribution is -2.25. The van der Waals surface area contributed by atoms with E-state index in [2.05, 4.69) is 0 Å². The molecule has 0 aromatic heterocycles. The van der Waals surface area contributed by atoms with Crippen LogP contribution in [0.5, 0.6) is 0 Å². The molecule has 1 aliphatic rings. The Kier molecular flexibility index (Phi) is 3.24. The average molecular weight is 164 g/mol. The van der Waals surface area contributed by atoms with Crippen LogP contribution in [0.3, 0.4) is 0 Å². The summed E-state index contributed by atoms with van der Waals surface area (Å²) >= 11 is 0. The molecule has 0 heterocycles. The summed E-state index contributed by atoms with van der Waals surface area (Å²) < 4.78 is 24.4. The topological polar surface area (TPSA) is 20.2 Å². The molecule has 0 spiro atoms. The molecule has 0 unspecified atom stereocenters. The van der Waals surface area contributed by atoms with Gasteiger partial charge in [-0.2, -0.15) is 0 Å². The molecule has 66 valence electrons. The van der Waals surface area contributed by atoms with Crippen LogP contribution in [0.15, 0.2) is 0 Å². The standard InChI is InChI=1S/C8H14F2O/c9-8(10)6-4-2-1-3-5-7(6)11/h6-8,11H,1-5H2/t6-,7-/m1/s1. The molecule has 0 aliphatic heterocycles. The number of rotatable bonds is 1. The molecule has 1 saturated carbocycles. The van der Waals surface area contributed by atoms with Gasteiger partial charge in [-0.05, 0) is 12.8 Å². The Morgan fingerprint density at radius 2 is 1.73 bits per heavy atom. The molecular weight excluding hydrogens is 150 g/mol. The van der Waals surface area contributed by atoms with Crippen LogP contribution in [-0.4, -0.2) is 17.6 Å². The van der Waals surface area contributed by atoms with E-state index >= 15 is 0 Å². The maximum atomic E-state index is 12.2. The van der Waals surface area contributed by atoms with E-state index in [0.29, 0.717) is 12.8 Å². The predicted molar refractivity (Wildman–Crippen MR) is 38.6 cm³/mol. The quantitative estimate of drug-likeness (QED) is 0.589. The van der Waals surface area contributed by atoms with Crippen LogP contribution in [0.25, 0.3) is 0 Å². The Hall–Kier alpha value is -0.180. The van der Waals surface area contributed by atoms with Gasteiger partial charge < -0.3 is 5.11 Å². The fourth-order valence-corrected chi connectivity index (χ4v) is 1.61. The number of aliphatic hydroxyl groups excluding tert-OH is 1. The third-order valence-corrected chi connectivity index (χ3v) is 2.36. The van der Waals surface area contributed by atoms with Gasteiger partial charge in [-0.3, -0.25) is 0 Å². The lowest BCUT2D eigenvalue weighted by Gasteiger charge is -2.18. The van der Waals surface area contributed by atoms with E-state index in [-0.39, 0.29) is 0 Å². The summed E-state index contributed by atoms with van der Waals surface area (Å²) in [5.74, 6) is -0.766. The molecule has 3 heteroatoms. The van der Waals surface area contributed by atoms with Crippen molar-refractivity contribution in [2.24, 2.45) is 5.92 Å². The van der Waals surface area contributed by atoms with E-state index in [1.807, 2.05) is 0 Å². The fourth-order valence-electron chi connectivity index (χ4n) is 1.61. The summed E-state index contributed by atoms with van der Waals surface area (Å²) in [6.45, 7) is 0. The number of halogens is 2. The molecular formula is C8H14F2O. The van der Waals surface area contributed by atoms with Crippen LogP contribution in [0.1, 0.15) is 32.1 Å². The van der Waals surface area contributed by atoms with Gasteiger partial charge >= 0.3 is 0 Å². The molecule has 0 saturated heterocycles. The zero-order valence-corrected chi connectivity index (χ0v) is 6.47. The second-order valence-electron chi connectivity index (χ2n) is 3.20. The van der Waals surface area contributed by atoms with Gasteiger partial charge in [0.15, 0.2) is 0 Å². The highest BCUT2D eigenvalue weighted by Gasteiger charge is 2.29. The Balaban J connectivity index is 2.45. The zero-order valence-electron chi connectivity index (χ0n) is 6.47. The average Bonchev–Trinajstić information content (AvgIpc) is 2.13. The molecule has 11 heavy (non-hydrogen) atoms. The van der Waals surface area contributed by atoms with Crippen molar-refractivity contribution < 1.29 is 13.9 Å². The minimum atomic E-state index is -2.34. The molecule has 1 nitrogen and oxygen atoms in total. The van der Waals surface area contributed by atoms with Crippen molar-refractivity contribution in [3.8, 4) is 0 Å². The summed E-state index contributed by atoms with van der Waals surface area (Å²) in [5, 5.41) is 9.24. The number of hydrogen-bond acceptors (Lipinski definition) is 1. The minimum absolute atomic E-state index is 0.485. The zero-order chi connectivity index (χ0) is 8.27. The van der Waals surface area contributed by atoms with Gasteiger partial charge in [-0.15, -0.1) is 0 Å². The van der Waals surface area contributed by atoms with E-state index in [9.17, 15) is 13.9 Å². The summed E-state index contributed by atoms with van der Waals surface area (Å²) in [6.07, 6.45) is 0.644. The van der Waals surface area contributed by atoms with Crippen LogP contribution < -0.4 is 0 Å². The lowest BCUT2D eigenvalue weighted by molar-refractivity contribution is -0.0110. The highest BCUT2D eigenvalue weighted by atomic mass is 19.3. The fraction of sp³-hybridized carbons (Fsp3) is 1.00. The van der Waals surface area contributed by atoms with E-state index in [4.69, 9.17) is 0 Å². The number of hydrogen-bond donors (Lipinski definition) is 1. The van der Waals surface area contributed by atoms with Gasteiger partial charge in [-0.1, -0.05) is 19.3 Å². The number of alkyl halides is 2. The van der Waals surface area contributed by atoms with Crippen molar-refractivity contribution in [1.82, 2.24) is 0 Å². The Morgan fingerprint density at radius 3 is 2.36 bits per heavy atom. The van der Waals surface area contributed by atoms with Crippen LogP contribution in [0.4, 0.5) is 8.78 Å². The van der Waals surface area contributed by atoms with Crippen molar-refractivity contribution in [3.05, 3.63) is 0 Å². The van der Waals surface area contributed by atoms with E-state index in [1.54, 1.807) is 0 Å². The first-order valence-electron chi connectivity index (χ1n) is 4.18. The van der Waals surface area contributed by atoms with Gasteiger partial charge in [0.1, 0.15) is 0 Å². The largest absolute Gasteiger partial charge is 0.393 e. The smallest absolute Gasteiger partial charge is 0.243 e. The van der Waals surface area contributed by atoms with Crippen LogP contribution in [0, 0.1) is 5.92 Å². The third-order valence-electron chi connectivity index (χ3n) is 2.36. The van der Waals surface area contributed by atoms with Crippen LogP contribution >= 0.6 is 0 Å². The highest BCUT2D eigenvalue weighted by Crippen LogP contribution is 2.27. The highest BCUT2D eigenvalue weighted by molar-refractivity contribution is 4.74. The van der Waals surface area contributed by atoms with Crippen molar-refractivity contribution in [1.29, 1.82) is 0 Å². The predicted octanol–water partition coefficient (Wildman–Crippen LogP) is 2.19. The molecule has 1 rings (SSSR count). The van der Waals surface area contributed by atoms with Crippen molar-refractivity contribution in [2.75, 3.05) is 0 Å². The maximum absolute atomic E-state index is 12.2. The molecule has 0 aromatic carbocycles. The third kappa shape index (κ3) is 2.40. The molecule has 0 amide bonds. The molecule has 2 atom stereocenters. The normalized spacial score (nSPS) is 33.8. The molecule has 1 N–H and O–H groups in total. The van der Waals surface area contributed by atoms with Crippen molar-refractivity contribution in [3.63, 3.8) is 0 Å². The Bertz CT molecular complexity index is 117. The van der Waals surface area contributed by atoms with Crippen LogP contribution in [-0.2, 0) is 0 Å². The van der Waals surface area contributed by atoms with Gasteiger partial charge in [0.25, 0.3) is 0 Å². The van der Waals surface area contributed by atoms with Gasteiger partial charge in [0, 0.05) is 5.92 Å². The first-order valence-corrected chi connectivity index (χ1v) is 4.18. The summed E-state index contributed by atoms with van der Waals surface area (Å²) in [7, 11) is 0. The first-order chi connectivity index (χ1) is 5.22. The molecule has 0 aromatic rings. The van der Waals surface area contributed by atoms with E-state index in [1.165, 1.54) is 0 Å². The van der Waals surface area contributed by atoms with Crippen LogP contribution in [0.2, 0.25) is 0 Å². The second kappa shape index (κ2) is 4.00. The second-order valence-corrected chi connectivity index (χ2v) is 3.20. The van der Waals surface area contributed by atoms with Crippen molar-refractivity contribution >= 4 is 0 Å². The van der Waals surface area contributed by atoms with E-state index < -0.39 is 18.4 Å². The minimum Gasteiger partial charge on any atom is -0.393 e. The number of aliphatic hydroxyl groups is 1. The molecule has 1 fully saturated rings. The maximum Gasteiger partial charge on any atom is 0.243 e. The van der Waals surface area contributed by atoms with E-state index in [0.717, 1.165) is 19.3 Å². The molecule has 0 bridgehead atoms.